The molecule has 0 radical (unpaired) electrons. The van der Waals surface area contributed by atoms with Crippen molar-refractivity contribution in [3.8, 4) is 6.07 Å². The molecule has 0 amide bonds. The van der Waals surface area contributed by atoms with Gasteiger partial charge in [0.2, 0.25) is 0 Å². The topological polar surface area (TPSA) is 35.8 Å². The fourth-order valence-corrected chi connectivity index (χ4v) is 3.25. The lowest BCUT2D eigenvalue weighted by Crippen LogP contribution is -2.35. The van der Waals surface area contributed by atoms with Crippen LogP contribution in [0.3, 0.4) is 0 Å². The van der Waals surface area contributed by atoms with Crippen LogP contribution in [0.25, 0.3) is 0 Å². The third kappa shape index (κ3) is 7.90. The highest BCUT2D eigenvalue weighted by molar-refractivity contribution is 4.93. The molecular weight excluding hydrogens is 244 g/mol. The first-order valence-electron chi connectivity index (χ1n) is 9.01. The normalized spacial score (nSPS) is 23.2. The van der Waals surface area contributed by atoms with Crippen LogP contribution in [0, 0.1) is 17.2 Å². The molecule has 1 aliphatic rings. The maximum atomic E-state index is 9.24. The molecule has 1 rings (SSSR count). The van der Waals surface area contributed by atoms with Gasteiger partial charge >= 0.3 is 0 Å². The lowest BCUT2D eigenvalue weighted by atomic mass is 9.96. The highest BCUT2D eigenvalue weighted by Gasteiger charge is 2.22. The van der Waals surface area contributed by atoms with E-state index in [1.54, 1.807) is 0 Å². The van der Waals surface area contributed by atoms with Crippen molar-refractivity contribution in [2.24, 2.45) is 5.92 Å². The molecular formula is C18H34N2. The van der Waals surface area contributed by atoms with Gasteiger partial charge in [0.1, 0.15) is 0 Å². The summed E-state index contributed by atoms with van der Waals surface area (Å²) < 4.78 is 0. The lowest BCUT2D eigenvalue weighted by molar-refractivity contribution is 0.389. The predicted molar refractivity (Wildman–Crippen MR) is 86.6 cm³/mol. The molecule has 0 bridgehead atoms. The number of hydrogen-bond acceptors (Lipinski definition) is 2. The summed E-state index contributed by atoms with van der Waals surface area (Å²) in [6, 6.07) is 2.98. The van der Waals surface area contributed by atoms with Gasteiger partial charge in [0.05, 0.1) is 12.0 Å². The summed E-state index contributed by atoms with van der Waals surface area (Å²) in [7, 11) is 0. The summed E-state index contributed by atoms with van der Waals surface area (Å²) in [4.78, 5) is 0. The molecule has 2 atom stereocenters. The third-order valence-corrected chi connectivity index (χ3v) is 4.62. The summed E-state index contributed by atoms with van der Waals surface area (Å²) in [5, 5.41) is 12.9. The van der Waals surface area contributed by atoms with Crippen molar-refractivity contribution >= 4 is 0 Å². The number of nitrogens with one attached hydrogen (secondary N) is 1. The number of nitriles is 1. The maximum absolute atomic E-state index is 9.24. The van der Waals surface area contributed by atoms with E-state index in [1.807, 2.05) is 0 Å². The largest absolute Gasteiger partial charge is 0.313 e. The van der Waals surface area contributed by atoms with Gasteiger partial charge in [0.25, 0.3) is 0 Å². The van der Waals surface area contributed by atoms with Crippen molar-refractivity contribution in [2.75, 3.05) is 6.54 Å². The van der Waals surface area contributed by atoms with Crippen molar-refractivity contribution in [3.63, 3.8) is 0 Å². The van der Waals surface area contributed by atoms with E-state index in [0.717, 1.165) is 13.0 Å². The molecule has 1 fully saturated rings. The fraction of sp³-hybridized carbons (Fsp3) is 0.944. The standard InChI is InChI=1S/C18H34N2/c1-2-3-4-5-6-7-8-12-15-20-18-14-11-9-10-13-17(18)16-19/h17-18,20H,2-15H2,1H3. The molecule has 1 saturated carbocycles. The van der Waals surface area contributed by atoms with E-state index in [0.29, 0.717) is 6.04 Å². The first kappa shape index (κ1) is 17.5. The van der Waals surface area contributed by atoms with Gasteiger partial charge in [0.15, 0.2) is 0 Å². The van der Waals surface area contributed by atoms with Crippen molar-refractivity contribution in [1.82, 2.24) is 5.32 Å². The minimum absolute atomic E-state index is 0.256. The molecule has 0 saturated heterocycles. The number of hydrogen-bond donors (Lipinski definition) is 1. The molecule has 20 heavy (non-hydrogen) atoms. The van der Waals surface area contributed by atoms with Crippen LogP contribution < -0.4 is 5.32 Å². The molecule has 2 heteroatoms. The van der Waals surface area contributed by atoms with Crippen LogP contribution in [-0.2, 0) is 0 Å². The Morgan fingerprint density at radius 3 is 2.25 bits per heavy atom. The van der Waals surface area contributed by atoms with Crippen LogP contribution in [0.4, 0.5) is 0 Å². The number of nitrogens with zero attached hydrogens (tertiary/aromatic N) is 1. The van der Waals surface area contributed by atoms with Crippen LogP contribution >= 0.6 is 0 Å². The Kier molecular flexibility index (Phi) is 10.7. The smallest absolute Gasteiger partial charge is 0.0672 e. The second kappa shape index (κ2) is 12.2. The van der Waals surface area contributed by atoms with Crippen molar-refractivity contribution in [1.29, 1.82) is 5.26 Å². The molecule has 0 aromatic carbocycles. The molecule has 116 valence electrons. The van der Waals surface area contributed by atoms with Gasteiger partial charge in [-0.3, -0.25) is 0 Å². The van der Waals surface area contributed by atoms with Crippen LogP contribution in [0.2, 0.25) is 0 Å². The van der Waals surface area contributed by atoms with E-state index in [1.165, 1.54) is 77.0 Å². The Bertz CT molecular complexity index is 257. The second-order valence-electron chi connectivity index (χ2n) is 6.41. The molecule has 2 nitrogen and oxygen atoms in total. The monoisotopic (exact) mass is 278 g/mol. The van der Waals surface area contributed by atoms with Crippen LogP contribution in [0.5, 0.6) is 0 Å². The SMILES string of the molecule is CCCCCCCCCCNC1CCCCCC1C#N. The zero-order chi connectivity index (χ0) is 14.5. The van der Waals surface area contributed by atoms with Crippen molar-refractivity contribution < 1.29 is 0 Å². The Hall–Kier alpha value is -0.550. The van der Waals surface area contributed by atoms with Gasteiger partial charge in [-0.15, -0.1) is 0 Å². The zero-order valence-corrected chi connectivity index (χ0v) is 13.5. The summed E-state index contributed by atoms with van der Waals surface area (Å²) >= 11 is 0. The van der Waals surface area contributed by atoms with Crippen LogP contribution in [0.15, 0.2) is 0 Å². The maximum Gasteiger partial charge on any atom is 0.0672 e. The van der Waals surface area contributed by atoms with E-state index in [2.05, 4.69) is 18.3 Å². The first-order valence-corrected chi connectivity index (χ1v) is 9.01. The Morgan fingerprint density at radius 1 is 0.900 bits per heavy atom. The molecule has 2 unspecified atom stereocenters. The zero-order valence-electron chi connectivity index (χ0n) is 13.5. The molecule has 1 N–H and O–H groups in total. The lowest BCUT2D eigenvalue weighted by Gasteiger charge is -2.20. The summed E-state index contributed by atoms with van der Waals surface area (Å²) in [6.07, 6.45) is 17.2. The Balaban J connectivity index is 1.98. The van der Waals surface area contributed by atoms with Crippen molar-refractivity contribution in [3.05, 3.63) is 0 Å². The highest BCUT2D eigenvalue weighted by atomic mass is 14.9. The minimum Gasteiger partial charge on any atom is -0.313 e. The fourth-order valence-electron chi connectivity index (χ4n) is 3.25. The quantitative estimate of drug-likeness (QED) is 0.441. The first-order chi connectivity index (χ1) is 9.88. The predicted octanol–water partition coefficient (Wildman–Crippen LogP) is 5.19. The average molecular weight is 278 g/mol. The third-order valence-electron chi connectivity index (χ3n) is 4.62. The summed E-state index contributed by atoms with van der Waals surface area (Å²) in [6.45, 7) is 3.38. The second-order valence-corrected chi connectivity index (χ2v) is 6.41. The van der Waals surface area contributed by atoms with Gasteiger partial charge in [-0.1, -0.05) is 71.1 Å². The molecule has 0 heterocycles. The van der Waals surface area contributed by atoms with Crippen LogP contribution in [-0.4, -0.2) is 12.6 Å². The van der Waals surface area contributed by atoms with E-state index in [-0.39, 0.29) is 5.92 Å². The highest BCUT2D eigenvalue weighted by Crippen LogP contribution is 2.23. The number of unbranched alkanes of at least 4 members (excludes halogenated alkanes) is 7. The summed E-state index contributed by atoms with van der Waals surface area (Å²) in [5.41, 5.74) is 0. The Labute approximate surface area is 126 Å². The van der Waals surface area contributed by atoms with Gasteiger partial charge in [0, 0.05) is 6.04 Å². The van der Waals surface area contributed by atoms with Crippen LogP contribution in [0.1, 0.15) is 90.4 Å². The average Bonchev–Trinajstić information content (AvgIpc) is 2.70. The summed E-state index contributed by atoms with van der Waals surface area (Å²) in [5.74, 6) is 0.256. The van der Waals surface area contributed by atoms with Crippen molar-refractivity contribution in [2.45, 2.75) is 96.4 Å². The molecule has 0 aromatic heterocycles. The van der Waals surface area contributed by atoms with E-state index in [9.17, 15) is 5.26 Å². The van der Waals surface area contributed by atoms with Gasteiger partial charge in [-0.05, 0) is 25.8 Å². The molecule has 0 aromatic rings. The molecule has 1 aliphatic carbocycles. The van der Waals surface area contributed by atoms with Gasteiger partial charge < -0.3 is 5.32 Å². The van der Waals surface area contributed by atoms with E-state index >= 15 is 0 Å². The molecule has 0 aliphatic heterocycles. The van der Waals surface area contributed by atoms with Gasteiger partial charge in [-0.25, -0.2) is 0 Å². The van der Waals surface area contributed by atoms with E-state index in [4.69, 9.17) is 0 Å². The van der Waals surface area contributed by atoms with E-state index < -0.39 is 0 Å². The number of rotatable bonds is 10. The van der Waals surface area contributed by atoms with Gasteiger partial charge in [-0.2, -0.15) is 5.26 Å². The Morgan fingerprint density at radius 2 is 1.55 bits per heavy atom. The molecule has 0 spiro atoms. The minimum atomic E-state index is 0.256.